The largest absolute Gasteiger partial charge is 0.424 e. The average Bonchev–Trinajstić information content (AvgIpc) is 3.22. The van der Waals surface area contributed by atoms with Crippen LogP contribution in [0.3, 0.4) is 0 Å². The standard InChI is InChI=1S/C23H24FN3O2/c1-2-15-5-3-4-6-17(15)21(28)27-11-9-23(10-12-27)14-20(23)26-22-25-18-13-16(24)7-8-19(18)29-22/h3-8,13,20H,2,9-12,14H2,1H3,(H,25,26). The third kappa shape index (κ3) is 3.26. The Morgan fingerprint density at radius 2 is 2.07 bits per heavy atom. The fraction of sp³-hybridized carbons (Fsp3) is 0.391. The maximum absolute atomic E-state index is 13.3. The Labute approximate surface area is 168 Å². The van der Waals surface area contributed by atoms with E-state index in [1.807, 2.05) is 29.2 Å². The number of halogens is 1. The van der Waals surface area contributed by atoms with Gasteiger partial charge in [0.15, 0.2) is 5.58 Å². The van der Waals surface area contributed by atoms with Crippen LogP contribution in [0.2, 0.25) is 0 Å². The molecule has 1 atom stereocenters. The van der Waals surface area contributed by atoms with E-state index in [-0.39, 0.29) is 17.1 Å². The minimum Gasteiger partial charge on any atom is -0.424 e. The minimum absolute atomic E-state index is 0.142. The normalized spacial score (nSPS) is 20.2. The second kappa shape index (κ2) is 6.87. The molecule has 1 unspecified atom stereocenters. The summed E-state index contributed by atoms with van der Waals surface area (Å²) in [6.45, 7) is 3.62. The lowest BCUT2D eigenvalue weighted by molar-refractivity contribution is 0.0675. The number of rotatable bonds is 4. The van der Waals surface area contributed by atoms with Crippen molar-refractivity contribution in [1.82, 2.24) is 9.88 Å². The minimum atomic E-state index is -0.318. The van der Waals surface area contributed by atoms with Crippen molar-refractivity contribution in [3.05, 3.63) is 59.4 Å². The van der Waals surface area contributed by atoms with Gasteiger partial charge < -0.3 is 14.6 Å². The summed E-state index contributed by atoms with van der Waals surface area (Å²) in [6, 6.07) is 13.0. The number of carbonyl (C=O) groups is 1. The first kappa shape index (κ1) is 18.2. The fourth-order valence-corrected chi connectivity index (χ4v) is 4.58. The van der Waals surface area contributed by atoms with Crippen molar-refractivity contribution >= 4 is 23.0 Å². The number of amides is 1. The number of nitrogens with one attached hydrogen (secondary N) is 1. The van der Waals surface area contributed by atoms with E-state index in [1.54, 1.807) is 6.07 Å². The molecule has 2 aliphatic rings. The zero-order valence-corrected chi connectivity index (χ0v) is 16.5. The molecule has 6 heteroatoms. The van der Waals surface area contributed by atoms with Crippen molar-refractivity contribution in [3.8, 4) is 0 Å². The zero-order chi connectivity index (χ0) is 20.0. The Morgan fingerprint density at radius 1 is 1.28 bits per heavy atom. The summed E-state index contributed by atoms with van der Waals surface area (Å²) in [7, 11) is 0. The third-order valence-corrected chi connectivity index (χ3v) is 6.51. The number of aromatic nitrogens is 1. The summed E-state index contributed by atoms with van der Waals surface area (Å²) in [4.78, 5) is 19.3. The molecule has 1 aromatic heterocycles. The van der Waals surface area contributed by atoms with Gasteiger partial charge >= 0.3 is 0 Å². The van der Waals surface area contributed by atoms with Gasteiger partial charge in [0.2, 0.25) is 0 Å². The maximum atomic E-state index is 13.3. The van der Waals surface area contributed by atoms with Crippen LogP contribution in [0.5, 0.6) is 0 Å². The van der Waals surface area contributed by atoms with Crippen LogP contribution >= 0.6 is 0 Å². The van der Waals surface area contributed by atoms with Gasteiger partial charge in [0, 0.05) is 30.8 Å². The van der Waals surface area contributed by atoms with Gasteiger partial charge in [-0.1, -0.05) is 25.1 Å². The number of anilines is 1. The van der Waals surface area contributed by atoms with Crippen LogP contribution in [0, 0.1) is 11.2 Å². The number of hydrogen-bond donors (Lipinski definition) is 1. The Kier molecular flexibility index (Phi) is 4.30. The topological polar surface area (TPSA) is 58.4 Å². The first-order valence-electron chi connectivity index (χ1n) is 10.3. The van der Waals surface area contributed by atoms with E-state index >= 15 is 0 Å². The van der Waals surface area contributed by atoms with Gasteiger partial charge in [0.1, 0.15) is 11.3 Å². The van der Waals surface area contributed by atoms with E-state index in [4.69, 9.17) is 4.42 Å². The second-order valence-corrected chi connectivity index (χ2v) is 8.20. The SMILES string of the molecule is CCc1ccccc1C(=O)N1CCC2(CC1)CC2Nc1nc2cc(F)ccc2o1. The summed E-state index contributed by atoms with van der Waals surface area (Å²) >= 11 is 0. The Morgan fingerprint density at radius 3 is 2.86 bits per heavy atom. The molecule has 0 bridgehead atoms. The number of nitrogens with zero attached hydrogens (tertiary/aromatic N) is 2. The van der Waals surface area contributed by atoms with Gasteiger partial charge in [-0.25, -0.2) is 4.39 Å². The summed E-state index contributed by atoms with van der Waals surface area (Å²) < 4.78 is 19.0. The van der Waals surface area contributed by atoms with Gasteiger partial charge in [-0.2, -0.15) is 4.98 Å². The Hall–Kier alpha value is -2.89. The number of hydrogen-bond acceptors (Lipinski definition) is 4. The quantitative estimate of drug-likeness (QED) is 0.702. The Bertz CT molecular complexity index is 1070. The van der Waals surface area contributed by atoms with Gasteiger partial charge in [-0.3, -0.25) is 4.79 Å². The van der Waals surface area contributed by atoms with Crippen molar-refractivity contribution in [2.45, 2.75) is 38.6 Å². The lowest BCUT2D eigenvalue weighted by Gasteiger charge is -2.33. The van der Waals surface area contributed by atoms with Crippen LogP contribution in [0.25, 0.3) is 11.1 Å². The number of carbonyl (C=O) groups excluding carboxylic acids is 1. The highest BCUT2D eigenvalue weighted by molar-refractivity contribution is 5.95. The van der Waals surface area contributed by atoms with Crippen molar-refractivity contribution in [2.24, 2.45) is 5.41 Å². The van der Waals surface area contributed by atoms with Crippen LogP contribution < -0.4 is 5.32 Å². The maximum Gasteiger partial charge on any atom is 0.295 e. The molecule has 1 spiro atoms. The van der Waals surface area contributed by atoms with E-state index in [0.717, 1.165) is 49.9 Å². The van der Waals surface area contributed by atoms with E-state index in [0.29, 0.717) is 23.2 Å². The molecule has 1 aliphatic heterocycles. The Balaban J connectivity index is 1.22. The number of likely N-dealkylation sites (tertiary alicyclic amines) is 1. The molecule has 2 heterocycles. The summed E-state index contributed by atoms with van der Waals surface area (Å²) in [6.07, 6.45) is 3.85. The number of piperidine rings is 1. The monoisotopic (exact) mass is 393 g/mol. The van der Waals surface area contributed by atoms with Gasteiger partial charge in [0.05, 0.1) is 0 Å². The summed E-state index contributed by atoms with van der Waals surface area (Å²) in [5.74, 6) is -0.176. The molecule has 0 radical (unpaired) electrons. The van der Waals surface area contributed by atoms with Gasteiger partial charge in [-0.15, -0.1) is 0 Å². The molecule has 2 aromatic carbocycles. The second-order valence-electron chi connectivity index (χ2n) is 8.20. The lowest BCUT2D eigenvalue weighted by Crippen LogP contribution is -2.40. The molecule has 150 valence electrons. The molecule has 1 N–H and O–H groups in total. The van der Waals surface area contributed by atoms with Crippen molar-refractivity contribution in [1.29, 1.82) is 0 Å². The summed E-state index contributed by atoms with van der Waals surface area (Å²) in [5, 5.41) is 3.38. The van der Waals surface area contributed by atoms with Crippen LogP contribution in [0.4, 0.5) is 10.4 Å². The number of aryl methyl sites for hydroxylation is 1. The smallest absolute Gasteiger partial charge is 0.295 e. The van der Waals surface area contributed by atoms with E-state index in [9.17, 15) is 9.18 Å². The molecule has 1 saturated heterocycles. The van der Waals surface area contributed by atoms with Crippen LogP contribution in [0.15, 0.2) is 46.9 Å². The third-order valence-electron chi connectivity index (χ3n) is 6.51. The molecule has 5 rings (SSSR count). The van der Waals surface area contributed by atoms with Crippen molar-refractivity contribution in [3.63, 3.8) is 0 Å². The number of fused-ring (bicyclic) bond motifs is 1. The lowest BCUT2D eigenvalue weighted by atomic mass is 9.92. The van der Waals surface area contributed by atoms with Crippen LogP contribution in [-0.2, 0) is 6.42 Å². The van der Waals surface area contributed by atoms with Gasteiger partial charge in [0.25, 0.3) is 11.9 Å². The number of oxazole rings is 1. The van der Waals surface area contributed by atoms with E-state index < -0.39 is 0 Å². The number of benzene rings is 2. The average molecular weight is 393 g/mol. The van der Waals surface area contributed by atoms with Crippen LogP contribution in [-0.4, -0.2) is 34.9 Å². The highest BCUT2D eigenvalue weighted by Gasteiger charge is 2.55. The molecule has 29 heavy (non-hydrogen) atoms. The van der Waals surface area contributed by atoms with Crippen molar-refractivity contribution in [2.75, 3.05) is 18.4 Å². The molecule has 1 saturated carbocycles. The first-order chi connectivity index (χ1) is 14.1. The summed E-state index contributed by atoms with van der Waals surface area (Å²) in [5.41, 5.74) is 3.24. The first-order valence-corrected chi connectivity index (χ1v) is 10.3. The molecule has 3 aromatic rings. The van der Waals surface area contributed by atoms with E-state index in [2.05, 4.69) is 17.2 Å². The molecule has 1 aliphatic carbocycles. The van der Waals surface area contributed by atoms with Crippen molar-refractivity contribution < 1.29 is 13.6 Å². The van der Waals surface area contributed by atoms with E-state index in [1.165, 1.54) is 12.1 Å². The zero-order valence-electron chi connectivity index (χ0n) is 16.5. The molecule has 1 amide bonds. The predicted molar refractivity (Wildman–Crippen MR) is 109 cm³/mol. The molecule has 2 fully saturated rings. The highest BCUT2D eigenvalue weighted by atomic mass is 19.1. The fourth-order valence-electron chi connectivity index (χ4n) is 4.58. The molecular formula is C23H24FN3O2. The van der Waals surface area contributed by atoms with Gasteiger partial charge in [-0.05, 0) is 54.9 Å². The predicted octanol–water partition coefficient (Wildman–Crippen LogP) is 4.64. The molecule has 5 nitrogen and oxygen atoms in total. The van der Waals surface area contributed by atoms with Crippen LogP contribution in [0.1, 0.15) is 42.1 Å². The highest BCUT2D eigenvalue weighted by Crippen LogP contribution is 2.55. The molecular weight excluding hydrogens is 369 g/mol.